The molecule has 5 heteroatoms. The lowest BCUT2D eigenvalue weighted by Gasteiger charge is -2.40. The van der Waals surface area contributed by atoms with Crippen LogP contribution in [0.15, 0.2) is 152 Å². The maximum Gasteiger partial charge on any atom is 0.256 e. The van der Waals surface area contributed by atoms with E-state index in [4.69, 9.17) is 4.74 Å². The number of rotatable bonds is 4. The Morgan fingerprint density at radius 2 is 1.31 bits per heavy atom. The molecule has 0 N–H and O–H groups in total. The topological polar surface area (TPSA) is 15.7 Å². The molecule has 0 bridgehead atoms. The van der Waals surface area contributed by atoms with Crippen molar-refractivity contribution >= 4 is 78.0 Å². The van der Waals surface area contributed by atoms with Gasteiger partial charge >= 0.3 is 0 Å². The Morgan fingerprint density at radius 3 is 2.07 bits per heavy atom. The minimum absolute atomic E-state index is 0.0819. The monoisotopic (exact) mass is 710 g/mol. The summed E-state index contributed by atoms with van der Waals surface area (Å²) < 4.78 is 8.11. The van der Waals surface area contributed by atoms with Crippen LogP contribution in [0.4, 0.5) is 33.4 Å². The minimum atomic E-state index is -0.217. The predicted molar refractivity (Wildman–Crippen MR) is 227 cm³/mol. The first-order valence-corrected chi connectivity index (χ1v) is 19.8. The van der Waals surface area contributed by atoms with Crippen LogP contribution in [0.1, 0.15) is 36.1 Å². The van der Waals surface area contributed by atoms with Gasteiger partial charge < -0.3 is 14.5 Å². The molecule has 3 nitrogen and oxygen atoms in total. The summed E-state index contributed by atoms with van der Waals surface area (Å²) in [6, 6.07) is 56.2. The average molecular weight is 711 g/mol. The predicted octanol–water partition coefficient (Wildman–Crippen LogP) is 11.2. The number of benzene rings is 7. The molecule has 54 heavy (non-hydrogen) atoms. The molecule has 2 aliphatic carbocycles. The van der Waals surface area contributed by atoms with Crippen LogP contribution in [-0.2, 0) is 18.3 Å². The van der Waals surface area contributed by atoms with Gasteiger partial charge in [-0.15, -0.1) is 11.3 Å². The van der Waals surface area contributed by atoms with E-state index in [0.29, 0.717) is 0 Å². The van der Waals surface area contributed by atoms with E-state index in [0.717, 1.165) is 41.4 Å². The Balaban J connectivity index is 1.09. The zero-order valence-corrected chi connectivity index (χ0v) is 31.0. The summed E-state index contributed by atoms with van der Waals surface area (Å²) in [6.45, 7) is 4.91. The van der Waals surface area contributed by atoms with Crippen LogP contribution in [0.3, 0.4) is 0 Å². The van der Waals surface area contributed by atoms with Crippen molar-refractivity contribution in [2.45, 2.75) is 32.1 Å². The molecule has 0 fully saturated rings. The number of nitrogens with zero attached hydrogens (tertiary/aromatic N) is 2. The van der Waals surface area contributed by atoms with E-state index in [1.54, 1.807) is 0 Å². The van der Waals surface area contributed by atoms with Crippen molar-refractivity contribution in [1.29, 1.82) is 0 Å². The lowest BCUT2D eigenvalue weighted by atomic mass is 9.33. The van der Waals surface area contributed by atoms with Crippen molar-refractivity contribution < 1.29 is 4.74 Å². The fourth-order valence-corrected chi connectivity index (χ4v) is 10.7. The summed E-state index contributed by atoms with van der Waals surface area (Å²) in [5, 5.41) is 2.50. The van der Waals surface area contributed by atoms with Crippen molar-refractivity contribution in [2.24, 2.45) is 0 Å². The van der Waals surface area contributed by atoms with Crippen molar-refractivity contribution in [2.75, 3.05) is 9.80 Å². The molecule has 8 aromatic rings. The molecule has 0 saturated heterocycles. The van der Waals surface area contributed by atoms with Gasteiger partial charge in [0, 0.05) is 38.6 Å². The van der Waals surface area contributed by atoms with Crippen LogP contribution < -0.4 is 30.9 Å². The van der Waals surface area contributed by atoms with Gasteiger partial charge in [0.25, 0.3) is 6.71 Å². The third-order valence-corrected chi connectivity index (χ3v) is 13.5. The molecule has 256 valence electrons. The summed E-state index contributed by atoms with van der Waals surface area (Å²) >= 11 is 1.86. The second-order valence-corrected chi connectivity index (χ2v) is 16.7. The first-order valence-electron chi connectivity index (χ1n) is 19.0. The summed E-state index contributed by atoms with van der Waals surface area (Å²) in [4.78, 5) is 4.90. The number of hydrogen-bond acceptors (Lipinski definition) is 4. The van der Waals surface area contributed by atoms with Crippen molar-refractivity contribution in [3.8, 4) is 22.6 Å². The van der Waals surface area contributed by atoms with Crippen LogP contribution in [0.25, 0.3) is 21.2 Å². The van der Waals surface area contributed by atoms with Crippen LogP contribution in [-0.4, -0.2) is 6.71 Å². The van der Waals surface area contributed by atoms with Crippen molar-refractivity contribution in [3.05, 3.63) is 174 Å². The number of para-hydroxylation sites is 2. The molecule has 0 unspecified atom stereocenters. The van der Waals surface area contributed by atoms with Gasteiger partial charge in [-0.25, -0.2) is 0 Å². The van der Waals surface area contributed by atoms with Gasteiger partial charge in [-0.05, 0) is 141 Å². The fourth-order valence-electron chi connectivity index (χ4n) is 9.65. The molecule has 3 heterocycles. The van der Waals surface area contributed by atoms with Crippen LogP contribution >= 0.6 is 11.3 Å². The van der Waals surface area contributed by atoms with Crippen LogP contribution in [0.2, 0.25) is 0 Å². The van der Waals surface area contributed by atoms with E-state index < -0.39 is 0 Å². The van der Waals surface area contributed by atoms with E-state index in [9.17, 15) is 0 Å². The first kappa shape index (κ1) is 30.4. The third-order valence-electron chi connectivity index (χ3n) is 12.4. The highest BCUT2D eigenvalue weighted by molar-refractivity contribution is 7.23. The molecule has 7 aromatic carbocycles. The molecule has 12 rings (SSSR count). The smallest absolute Gasteiger partial charge is 0.256 e. The maximum absolute atomic E-state index is 6.82. The highest BCUT2D eigenvalue weighted by atomic mass is 32.1. The summed E-state index contributed by atoms with van der Waals surface area (Å²) in [5.74, 6) is 1.98. The van der Waals surface area contributed by atoms with Crippen LogP contribution in [0, 0.1) is 0 Å². The zero-order chi connectivity index (χ0) is 35.7. The summed E-state index contributed by atoms with van der Waals surface area (Å²) in [7, 11) is 0. The SMILES string of the molecule is CC1(C)c2cc(N(c3ccccc3)c3ccccc3)ccc2-c2cc3c(cc21)B1c2cc4c(cc2Oc2cccc(c21)N3c1cc2ccccc2s1)CC4. The molecular formula is C49H35BN2OS. The van der Waals surface area contributed by atoms with E-state index >= 15 is 0 Å². The molecule has 0 saturated carbocycles. The van der Waals surface area contributed by atoms with Crippen molar-refractivity contribution in [3.63, 3.8) is 0 Å². The number of aryl methyl sites for hydroxylation is 2. The average Bonchev–Trinajstić information content (AvgIpc) is 3.71. The minimum Gasteiger partial charge on any atom is -0.458 e. The maximum atomic E-state index is 6.82. The normalized spacial score (nSPS) is 14.9. The molecule has 0 radical (unpaired) electrons. The van der Waals surface area contributed by atoms with Gasteiger partial charge in [0.15, 0.2) is 0 Å². The Labute approximate surface area is 319 Å². The lowest BCUT2D eigenvalue weighted by Crippen LogP contribution is -2.60. The van der Waals surface area contributed by atoms with Gasteiger partial charge in [-0.2, -0.15) is 0 Å². The molecule has 1 aromatic heterocycles. The standard InChI is InChI=1S/C49H35BN2OS/c1-49(2)38-27-35(51(33-13-5-3-6-14-33)34-15-7-4-8-16-34)22-23-36(38)37-28-43-40(29-39(37)49)50-41-24-30-20-21-31(30)25-45(41)53-44-18-11-17-42(48(44)50)52(43)47-26-32-12-9-10-19-46(32)54-47/h3-19,22-29H,20-21H2,1-2H3. The molecule has 4 aliphatic rings. The quantitative estimate of drug-likeness (QED) is 0.169. The largest absolute Gasteiger partial charge is 0.458 e. The Bertz CT molecular complexity index is 2790. The van der Waals surface area contributed by atoms with Gasteiger partial charge in [0.1, 0.15) is 16.5 Å². The van der Waals surface area contributed by atoms with Gasteiger partial charge in [-0.3, -0.25) is 0 Å². The first-order chi connectivity index (χ1) is 26.5. The van der Waals surface area contributed by atoms with Gasteiger partial charge in [0.05, 0.1) is 0 Å². The summed E-state index contributed by atoms with van der Waals surface area (Å²) in [6.07, 6.45) is 2.27. The second-order valence-electron chi connectivity index (χ2n) is 15.7. The van der Waals surface area contributed by atoms with E-state index in [1.165, 1.54) is 76.2 Å². The number of thiophene rings is 1. The number of anilines is 6. The van der Waals surface area contributed by atoms with E-state index in [-0.39, 0.29) is 12.1 Å². The van der Waals surface area contributed by atoms with Gasteiger partial charge in [0.2, 0.25) is 0 Å². The highest BCUT2D eigenvalue weighted by Crippen LogP contribution is 2.54. The van der Waals surface area contributed by atoms with Crippen LogP contribution in [0.5, 0.6) is 11.5 Å². The molecule has 0 atom stereocenters. The number of ether oxygens (including phenoxy) is 1. The van der Waals surface area contributed by atoms with Crippen molar-refractivity contribution in [1.82, 2.24) is 0 Å². The molecular weight excluding hydrogens is 675 g/mol. The molecule has 0 amide bonds. The molecule has 0 spiro atoms. The van der Waals surface area contributed by atoms with E-state index in [2.05, 4.69) is 175 Å². The molecule has 2 aliphatic heterocycles. The Hall–Kier alpha value is -6.04. The van der Waals surface area contributed by atoms with Gasteiger partial charge in [-0.1, -0.05) is 92.7 Å². The summed E-state index contributed by atoms with van der Waals surface area (Å²) in [5.41, 5.74) is 17.9. The zero-order valence-electron chi connectivity index (χ0n) is 30.1. The number of fused-ring (bicyclic) bond motifs is 9. The lowest BCUT2D eigenvalue weighted by molar-refractivity contribution is 0.485. The Kier molecular flexibility index (Phi) is 6.20. The second kappa shape index (κ2) is 11.0. The van der Waals surface area contributed by atoms with E-state index in [1.807, 2.05) is 11.3 Å². The Morgan fingerprint density at radius 1 is 0.593 bits per heavy atom. The highest BCUT2D eigenvalue weighted by Gasteiger charge is 2.45. The fraction of sp³-hybridized carbons (Fsp3) is 0.102. The number of hydrogen-bond donors (Lipinski definition) is 0. The third kappa shape index (κ3) is 4.19.